The number of hydrogen-bond acceptors (Lipinski definition) is 3. The Morgan fingerprint density at radius 2 is 2.18 bits per heavy atom. The first kappa shape index (κ1) is 15.7. The molecule has 3 heteroatoms. The van der Waals surface area contributed by atoms with E-state index in [0.29, 0.717) is 6.04 Å². The van der Waals surface area contributed by atoms with E-state index in [4.69, 9.17) is 0 Å². The minimum atomic E-state index is -0.383. The molecule has 0 fully saturated rings. The van der Waals surface area contributed by atoms with Crippen LogP contribution < -0.4 is 5.32 Å². The Morgan fingerprint density at radius 1 is 1.32 bits per heavy atom. The molecule has 3 unspecified atom stereocenters. The SMILES string of the molecule is CCCC(Cc1ccsc1)NC1CCc2ccccc2C1O. The van der Waals surface area contributed by atoms with Crippen LogP contribution in [0.2, 0.25) is 0 Å². The van der Waals surface area contributed by atoms with Crippen molar-refractivity contribution in [2.24, 2.45) is 0 Å². The number of rotatable bonds is 6. The van der Waals surface area contributed by atoms with E-state index >= 15 is 0 Å². The Morgan fingerprint density at radius 3 is 2.95 bits per heavy atom. The summed E-state index contributed by atoms with van der Waals surface area (Å²) in [5, 5.41) is 18.8. The van der Waals surface area contributed by atoms with Crippen LogP contribution >= 0.6 is 11.3 Å². The Hall–Kier alpha value is -1.16. The van der Waals surface area contributed by atoms with Gasteiger partial charge in [0.25, 0.3) is 0 Å². The second-order valence-electron chi connectivity index (χ2n) is 6.28. The maximum absolute atomic E-state index is 10.7. The lowest BCUT2D eigenvalue weighted by Crippen LogP contribution is -2.45. The summed E-state index contributed by atoms with van der Waals surface area (Å²) in [6, 6.07) is 11.1. The van der Waals surface area contributed by atoms with Crippen molar-refractivity contribution in [3.63, 3.8) is 0 Å². The number of aryl methyl sites for hydroxylation is 1. The Kier molecular flexibility index (Phi) is 5.29. The van der Waals surface area contributed by atoms with Crippen molar-refractivity contribution in [1.29, 1.82) is 0 Å². The van der Waals surface area contributed by atoms with Crippen molar-refractivity contribution < 1.29 is 5.11 Å². The van der Waals surface area contributed by atoms with Crippen LogP contribution in [-0.2, 0) is 12.8 Å². The molecule has 1 heterocycles. The fourth-order valence-electron chi connectivity index (χ4n) is 3.50. The molecule has 0 saturated carbocycles. The van der Waals surface area contributed by atoms with Crippen LogP contribution in [0, 0.1) is 0 Å². The summed E-state index contributed by atoms with van der Waals surface area (Å²) >= 11 is 1.76. The number of nitrogens with one attached hydrogen (secondary N) is 1. The van der Waals surface area contributed by atoms with Gasteiger partial charge >= 0.3 is 0 Å². The van der Waals surface area contributed by atoms with Gasteiger partial charge in [-0.25, -0.2) is 0 Å². The maximum atomic E-state index is 10.7. The predicted molar refractivity (Wildman–Crippen MR) is 93.4 cm³/mol. The van der Waals surface area contributed by atoms with Crippen LogP contribution in [0.1, 0.15) is 49.0 Å². The lowest BCUT2D eigenvalue weighted by Gasteiger charge is -2.34. The van der Waals surface area contributed by atoms with E-state index in [1.54, 1.807) is 11.3 Å². The largest absolute Gasteiger partial charge is 0.387 e. The molecule has 0 saturated heterocycles. The molecule has 0 amide bonds. The molecule has 1 aliphatic carbocycles. The highest BCUT2D eigenvalue weighted by molar-refractivity contribution is 7.07. The summed E-state index contributed by atoms with van der Waals surface area (Å²) in [6.45, 7) is 2.23. The van der Waals surface area contributed by atoms with Gasteiger partial charge in [0.15, 0.2) is 0 Å². The average Bonchev–Trinajstić information content (AvgIpc) is 3.03. The summed E-state index contributed by atoms with van der Waals surface area (Å²) < 4.78 is 0. The highest BCUT2D eigenvalue weighted by atomic mass is 32.1. The number of hydrogen-bond donors (Lipinski definition) is 2. The van der Waals surface area contributed by atoms with Crippen molar-refractivity contribution in [2.45, 2.75) is 57.2 Å². The van der Waals surface area contributed by atoms with Crippen molar-refractivity contribution in [1.82, 2.24) is 5.32 Å². The third-order valence-electron chi connectivity index (χ3n) is 4.63. The number of aliphatic hydroxyl groups excluding tert-OH is 1. The molecule has 118 valence electrons. The molecule has 0 aliphatic heterocycles. The van der Waals surface area contributed by atoms with Gasteiger partial charge in [-0.1, -0.05) is 37.6 Å². The van der Waals surface area contributed by atoms with Gasteiger partial charge in [-0.2, -0.15) is 11.3 Å². The minimum Gasteiger partial charge on any atom is -0.387 e. The van der Waals surface area contributed by atoms with Gasteiger partial charge in [0.1, 0.15) is 0 Å². The molecular formula is C19H25NOS. The fourth-order valence-corrected chi connectivity index (χ4v) is 4.18. The molecule has 0 bridgehead atoms. The van der Waals surface area contributed by atoms with Crippen LogP contribution in [0.15, 0.2) is 41.1 Å². The number of aliphatic hydroxyl groups is 1. The summed E-state index contributed by atoms with van der Waals surface area (Å²) in [5.41, 5.74) is 3.82. The molecule has 22 heavy (non-hydrogen) atoms. The van der Waals surface area contributed by atoms with Crippen molar-refractivity contribution in [3.8, 4) is 0 Å². The van der Waals surface area contributed by atoms with E-state index in [2.05, 4.69) is 47.3 Å². The molecule has 1 aromatic carbocycles. The lowest BCUT2D eigenvalue weighted by molar-refractivity contribution is 0.107. The zero-order valence-electron chi connectivity index (χ0n) is 13.2. The van der Waals surface area contributed by atoms with E-state index in [1.165, 1.54) is 17.5 Å². The van der Waals surface area contributed by atoms with Gasteiger partial charge in [-0.3, -0.25) is 0 Å². The zero-order chi connectivity index (χ0) is 15.4. The third-order valence-corrected chi connectivity index (χ3v) is 5.36. The number of benzene rings is 1. The molecular weight excluding hydrogens is 290 g/mol. The first-order chi connectivity index (χ1) is 10.8. The molecule has 2 N–H and O–H groups in total. The smallest absolute Gasteiger partial charge is 0.0945 e. The normalized spacial score (nSPS) is 22.3. The van der Waals surface area contributed by atoms with E-state index in [9.17, 15) is 5.11 Å². The Bertz CT molecular complexity index is 581. The van der Waals surface area contributed by atoms with E-state index in [1.807, 2.05) is 6.07 Å². The molecule has 1 aromatic heterocycles. The quantitative estimate of drug-likeness (QED) is 0.841. The molecule has 0 radical (unpaired) electrons. The highest BCUT2D eigenvalue weighted by Gasteiger charge is 2.29. The van der Waals surface area contributed by atoms with Crippen LogP contribution in [0.5, 0.6) is 0 Å². The molecule has 0 spiro atoms. The van der Waals surface area contributed by atoms with Gasteiger partial charge in [-0.15, -0.1) is 0 Å². The summed E-state index contributed by atoms with van der Waals surface area (Å²) in [6.07, 6.45) is 5.07. The van der Waals surface area contributed by atoms with Crippen molar-refractivity contribution in [3.05, 3.63) is 57.8 Å². The Labute approximate surface area is 137 Å². The first-order valence-corrected chi connectivity index (χ1v) is 9.25. The number of fused-ring (bicyclic) bond motifs is 1. The van der Waals surface area contributed by atoms with Gasteiger partial charge in [-0.05, 0) is 59.2 Å². The fraction of sp³-hybridized carbons (Fsp3) is 0.474. The average molecular weight is 315 g/mol. The van der Waals surface area contributed by atoms with Crippen molar-refractivity contribution in [2.75, 3.05) is 0 Å². The Balaban J connectivity index is 1.68. The number of thiophene rings is 1. The van der Waals surface area contributed by atoms with Crippen molar-refractivity contribution >= 4 is 11.3 Å². The van der Waals surface area contributed by atoms with E-state index < -0.39 is 0 Å². The second-order valence-corrected chi connectivity index (χ2v) is 7.06. The summed E-state index contributed by atoms with van der Waals surface area (Å²) in [5.74, 6) is 0. The van der Waals surface area contributed by atoms with E-state index in [-0.39, 0.29) is 12.1 Å². The van der Waals surface area contributed by atoms with Gasteiger partial charge < -0.3 is 10.4 Å². The standard InChI is InChI=1S/C19H25NOS/c1-2-5-16(12-14-10-11-22-13-14)20-18-9-8-15-6-3-4-7-17(15)19(18)21/h3-4,6-7,10-11,13,16,18-21H,2,5,8-9,12H2,1H3. The summed E-state index contributed by atoms with van der Waals surface area (Å²) in [4.78, 5) is 0. The summed E-state index contributed by atoms with van der Waals surface area (Å²) in [7, 11) is 0. The monoisotopic (exact) mass is 315 g/mol. The third kappa shape index (κ3) is 3.60. The molecule has 2 nitrogen and oxygen atoms in total. The molecule has 3 rings (SSSR count). The predicted octanol–water partition coefficient (Wildman–Crippen LogP) is 4.10. The van der Waals surface area contributed by atoms with Crippen LogP contribution in [0.4, 0.5) is 0 Å². The molecule has 3 atom stereocenters. The van der Waals surface area contributed by atoms with E-state index in [0.717, 1.165) is 31.2 Å². The molecule has 2 aromatic rings. The molecule has 1 aliphatic rings. The van der Waals surface area contributed by atoms with Crippen LogP contribution in [0.3, 0.4) is 0 Å². The van der Waals surface area contributed by atoms with Gasteiger partial charge in [0.2, 0.25) is 0 Å². The maximum Gasteiger partial charge on any atom is 0.0945 e. The first-order valence-electron chi connectivity index (χ1n) is 8.31. The second kappa shape index (κ2) is 7.40. The zero-order valence-corrected chi connectivity index (χ0v) is 14.0. The van der Waals surface area contributed by atoms with Crippen LogP contribution in [-0.4, -0.2) is 17.2 Å². The lowest BCUT2D eigenvalue weighted by atomic mass is 9.85. The van der Waals surface area contributed by atoms with Gasteiger partial charge in [0, 0.05) is 12.1 Å². The van der Waals surface area contributed by atoms with Gasteiger partial charge in [0.05, 0.1) is 6.10 Å². The topological polar surface area (TPSA) is 32.3 Å². The minimum absolute atomic E-state index is 0.171. The van der Waals surface area contributed by atoms with Crippen LogP contribution in [0.25, 0.3) is 0 Å². The highest BCUT2D eigenvalue weighted by Crippen LogP contribution is 2.30.